The number of anilines is 6. The minimum Gasteiger partial charge on any atom is -0.455 e. The number of nitrogens with zero attached hydrogens (tertiary/aromatic N) is 4. The summed E-state index contributed by atoms with van der Waals surface area (Å²) in [6.45, 7) is 9.42. The Kier molecular flexibility index (Phi) is 18.4. The van der Waals surface area contributed by atoms with Crippen LogP contribution in [0.2, 0.25) is 0 Å². The van der Waals surface area contributed by atoms with Crippen LogP contribution in [0.25, 0.3) is 186 Å². The molecule has 0 unspecified atom stereocenters. The maximum Gasteiger partial charge on any atom is 0.143 e. The number of thiophene rings is 1. The Morgan fingerprint density at radius 2 is 0.545 bits per heavy atom. The third-order valence-corrected chi connectivity index (χ3v) is 29.3. The highest BCUT2D eigenvalue weighted by atomic mass is 32.1. The van der Waals surface area contributed by atoms with E-state index in [4.69, 9.17) is 4.42 Å². The quantitative estimate of drug-likeness (QED) is 0.109. The molecule has 0 fully saturated rings. The molecule has 4 heterocycles. The first-order valence-corrected chi connectivity index (χ1v) is 46.5. The SMILES string of the molecule is CC1(C)c2ccccc2-c2ccc(N(c3ccc(-c4ccc5c(c4)c4ccccc4n5-c4ccc(-c5ccccc5)cc4)cc3)c3ccc(-c4cccc5c4oc4ccccc45)cc3)cc21.CC1(C)c2ccccc2-c2ccc(N(c3ccc(-c4ccc5c(c4)c4ccccc4n5-c4ccc(-c5ccccc5)cc4)cc3)c3ccc(-c4cccc5c4sc4ccccc45)cc3)cc21. The van der Waals surface area contributed by atoms with Gasteiger partial charge < -0.3 is 23.4 Å². The number of fused-ring (bicyclic) bond motifs is 18. The normalized spacial score (nSPS) is 12.8. The molecule has 26 rings (SSSR count). The molecule has 0 aliphatic heterocycles. The van der Waals surface area contributed by atoms with Crippen molar-refractivity contribution in [3.8, 4) is 100 Å². The van der Waals surface area contributed by atoms with Crippen LogP contribution in [0.15, 0.2) is 465 Å². The third-order valence-electron chi connectivity index (χ3n) is 28.1. The summed E-state index contributed by atoms with van der Waals surface area (Å²) in [6.07, 6.45) is 0. The lowest BCUT2D eigenvalue weighted by atomic mass is 9.82. The van der Waals surface area contributed by atoms with Crippen molar-refractivity contribution in [2.24, 2.45) is 0 Å². The summed E-state index contributed by atoms with van der Waals surface area (Å²) < 4.78 is 13.9. The summed E-state index contributed by atoms with van der Waals surface area (Å²) >= 11 is 1.88. The number of benzene rings is 20. The van der Waals surface area contributed by atoms with Crippen molar-refractivity contribution in [2.75, 3.05) is 9.80 Å². The lowest BCUT2D eigenvalue weighted by molar-refractivity contribution is 0.660. The Labute approximate surface area is 771 Å². The lowest BCUT2D eigenvalue weighted by Gasteiger charge is -2.28. The molecule has 24 aromatic rings. The molecule has 0 radical (unpaired) electrons. The third kappa shape index (κ3) is 12.9. The van der Waals surface area contributed by atoms with Gasteiger partial charge in [-0.05, 0) is 251 Å². The molecular formula is C126H88N4OS. The second-order valence-electron chi connectivity index (χ2n) is 36.2. The van der Waals surface area contributed by atoms with Crippen LogP contribution < -0.4 is 9.80 Å². The summed E-state index contributed by atoms with van der Waals surface area (Å²) in [5, 5.41) is 9.89. The average Bonchev–Trinajstić information content (AvgIpc) is 1.57. The van der Waals surface area contributed by atoms with Gasteiger partial charge >= 0.3 is 0 Å². The van der Waals surface area contributed by atoms with E-state index in [9.17, 15) is 0 Å². The fourth-order valence-electron chi connectivity index (χ4n) is 21.4. The van der Waals surface area contributed by atoms with Crippen LogP contribution in [0.1, 0.15) is 49.9 Å². The molecule has 624 valence electrons. The van der Waals surface area contributed by atoms with Gasteiger partial charge in [-0.1, -0.05) is 343 Å². The zero-order valence-electron chi connectivity index (χ0n) is 73.5. The van der Waals surface area contributed by atoms with Crippen molar-refractivity contribution in [2.45, 2.75) is 38.5 Å². The first-order chi connectivity index (χ1) is 64.9. The number of hydrogen-bond donors (Lipinski definition) is 0. The van der Waals surface area contributed by atoms with Gasteiger partial charge in [0.15, 0.2) is 0 Å². The van der Waals surface area contributed by atoms with Crippen molar-refractivity contribution in [3.05, 3.63) is 483 Å². The van der Waals surface area contributed by atoms with Gasteiger partial charge in [-0.25, -0.2) is 0 Å². The van der Waals surface area contributed by atoms with Gasteiger partial charge in [-0.15, -0.1) is 11.3 Å². The molecule has 2 aliphatic carbocycles. The van der Waals surface area contributed by atoms with E-state index in [1.54, 1.807) is 0 Å². The number of rotatable bonds is 14. The molecule has 0 spiro atoms. The molecule has 0 saturated heterocycles. The van der Waals surface area contributed by atoms with Crippen LogP contribution in [-0.2, 0) is 10.8 Å². The fraction of sp³-hybridized carbons (Fsp3) is 0.0476. The summed E-state index contributed by atoms with van der Waals surface area (Å²) in [6, 6.07) is 169. The van der Waals surface area contributed by atoms with Crippen molar-refractivity contribution < 1.29 is 4.42 Å². The van der Waals surface area contributed by atoms with Gasteiger partial charge in [0, 0.05) is 114 Å². The van der Waals surface area contributed by atoms with Crippen molar-refractivity contribution in [3.63, 3.8) is 0 Å². The number of para-hydroxylation sites is 4. The minimum atomic E-state index is -0.125. The largest absolute Gasteiger partial charge is 0.455 e. The van der Waals surface area contributed by atoms with E-state index in [1.165, 1.54) is 164 Å². The van der Waals surface area contributed by atoms with E-state index in [-0.39, 0.29) is 10.8 Å². The predicted molar refractivity (Wildman–Crippen MR) is 559 cm³/mol. The van der Waals surface area contributed by atoms with Crippen LogP contribution in [0.4, 0.5) is 34.1 Å². The Bertz CT molecular complexity index is 8140. The number of furan rings is 1. The predicted octanol–water partition coefficient (Wildman–Crippen LogP) is 35.4. The van der Waals surface area contributed by atoms with E-state index in [0.29, 0.717) is 0 Å². The van der Waals surface area contributed by atoms with Gasteiger partial charge in [0.05, 0.1) is 22.1 Å². The summed E-state index contributed by atoms with van der Waals surface area (Å²) in [4.78, 5) is 4.82. The van der Waals surface area contributed by atoms with Crippen LogP contribution in [0, 0.1) is 0 Å². The van der Waals surface area contributed by atoms with E-state index in [2.05, 4.69) is 496 Å². The molecule has 0 N–H and O–H groups in total. The summed E-state index contributed by atoms with van der Waals surface area (Å²) in [7, 11) is 0. The Hall–Kier alpha value is -16.4. The number of hydrogen-bond acceptors (Lipinski definition) is 4. The molecule has 20 aromatic carbocycles. The first kappa shape index (κ1) is 77.9. The van der Waals surface area contributed by atoms with Gasteiger partial charge in [-0.3, -0.25) is 0 Å². The standard InChI is InChI=1S/C63H44N2O.C63H44N2S/c2*1-63(2)57-20-9-6-15-51(57)52-37-36-49(40-58(52)63)64(47-34-27-44(28-35-47)50-18-12-19-55-54-17-8-11-22-61(54)66-62(50)55)46-30-25-43(26-31-46)45-29-38-60-56(39-45)53-16-7-10-21-59(53)65(60)48-32-23-42(24-33-48)41-13-4-3-5-14-41/h2*3-40H,1-2H3. The molecule has 2 aliphatic rings. The zero-order valence-corrected chi connectivity index (χ0v) is 74.3. The highest BCUT2D eigenvalue weighted by molar-refractivity contribution is 7.26. The molecule has 6 heteroatoms. The average molecular weight is 1710 g/mol. The second kappa shape index (κ2) is 31.2. The van der Waals surface area contributed by atoms with Crippen molar-refractivity contribution in [1.82, 2.24) is 9.13 Å². The molecule has 0 atom stereocenters. The van der Waals surface area contributed by atoms with Crippen LogP contribution in [0.5, 0.6) is 0 Å². The number of aromatic nitrogens is 2. The zero-order chi connectivity index (χ0) is 87.9. The molecule has 0 amide bonds. The minimum absolute atomic E-state index is 0.113. The smallest absolute Gasteiger partial charge is 0.143 e. The van der Waals surface area contributed by atoms with E-state index in [0.717, 1.165) is 78.6 Å². The summed E-state index contributed by atoms with van der Waals surface area (Å²) in [5.41, 5.74) is 40.4. The van der Waals surface area contributed by atoms with Crippen molar-refractivity contribution in [1.29, 1.82) is 0 Å². The van der Waals surface area contributed by atoms with Gasteiger partial charge in [0.1, 0.15) is 11.2 Å². The Morgan fingerprint density at radius 1 is 0.212 bits per heavy atom. The Morgan fingerprint density at radius 3 is 1.04 bits per heavy atom. The fourth-order valence-corrected chi connectivity index (χ4v) is 22.7. The van der Waals surface area contributed by atoms with E-state index < -0.39 is 0 Å². The highest BCUT2D eigenvalue weighted by Gasteiger charge is 2.38. The Balaban J connectivity index is 0.000000142. The topological polar surface area (TPSA) is 29.5 Å². The molecule has 4 aromatic heterocycles. The van der Waals surface area contributed by atoms with Crippen LogP contribution >= 0.6 is 11.3 Å². The molecule has 5 nitrogen and oxygen atoms in total. The summed E-state index contributed by atoms with van der Waals surface area (Å²) in [5.74, 6) is 0. The van der Waals surface area contributed by atoms with Gasteiger partial charge in [0.2, 0.25) is 0 Å². The molecule has 132 heavy (non-hydrogen) atoms. The van der Waals surface area contributed by atoms with Crippen LogP contribution in [-0.4, -0.2) is 9.13 Å². The lowest BCUT2D eigenvalue weighted by Crippen LogP contribution is -2.16. The molecule has 0 bridgehead atoms. The maximum atomic E-state index is 6.46. The highest BCUT2D eigenvalue weighted by Crippen LogP contribution is 2.54. The second-order valence-corrected chi connectivity index (χ2v) is 37.3. The van der Waals surface area contributed by atoms with Crippen molar-refractivity contribution >= 4 is 131 Å². The van der Waals surface area contributed by atoms with Gasteiger partial charge in [0.25, 0.3) is 0 Å². The van der Waals surface area contributed by atoms with E-state index in [1.807, 2.05) is 23.5 Å². The molecular weight excluding hydrogens is 1620 g/mol. The monoisotopic (exact) mass is 1700 g/mol. The van der Waals surface area contributed by atoms with Gasteiger partial charge in [-0.2, -0.15) is 0 Å². The van der Waals surface area contributed by atoms with Crippen LogP contribution in [0.3, 0.4) is 0 Å². The maximum absolute atomic E-state index is 6.46. The molecule has 0 saturated carbocycles. The van der Waals surface area contributed by atoms with E-state index >= 15 is 0 Å². The first-order valence-electron chi connectivity index (χ1n) is 45.7.